The fourth-order valence-electron chi connectivity index (χ4n) is 4.63. The highest BCUT2D eigenvalue weighted by atomic mass is 16.6. The van der Waals surface area contributed by atoms with Gasteiger partial charge in [0.05, 0.1) is 31.3 Å². The van der Waals surface area contributed by atoms with Crippen LogP contribution in [0.3, 0.4) is 0 Å². The van der Waals surface area contributed by atoms with Gasteiger partial charge in [0.15, 0.2) is 0 Å². The molecule has 1 saturated carbocycles. The summed E-state index contributed by atoms with van der Waals surface area (Å²) in [5.74, 6) is 1.10. The van der Waals surface area contributed by atoms with Crippen molar-refractivity contribution in [3.63, 3.8) is 0 Å². The van der Waals surface area contributed by atoms with Crippen molar-refractivity contribution in [3.8, 4) is 0 Å². The number of fused-ring (bicyclic) bond motifs is 3. The van der Waals surface area contributed by atoms with Crippen LogP contribution in [0.2, 0.25) is 0 Å². The summed E-state index contributed by atoms with van der Waals surface area (Å²) >= 11 is 0. The molecule has 0 N–H and O–H groups in total. The Morgan fingerprint density at radius 3 is 3.15 bits per heavy atom. The molecule has 0 aromatic carbocycles. The minimum atomic E-state index is -0.0274. The highest BCUT2D eigenvalue weighted by Gasteiger charge is 2.71. The van der Waals surface area contributed by atoms with Gasteiger partial charge < -0.3 is 14.2 Å². The Hall–Kier alpha value is -0.870. The van der Waals surface area contributed by atoms with Crippen molar-refractivity contribution in [2.45, 2.75) is 50.4 Å². The average Bonchev–Trinajstić information content (AvgIpc) is 3.08. The fourth-order valence-corrected chi connectivity index (χ4v) is 4.63. The molecule has 6 unspecified atom stereocenters. The van der Waals surface area contributed by atoms with E-state index in [1.165, 1.54) is 0 Å². The average molecular weight is 278 g/mol. The van der Waals surface area contributed by atoms with Crippen LogP contribution in [0.5, 0.6) is 0 Å². The van der Waals surface area contributed by atoms with Crippen LogP contribution >= 0.6 is 0 Å². The van der Waals surface area contributed by atoms with Gasteiger partial charge in [0.1, 0.15) is 0 Å². The van der Waals surface area contributed by atoms with E-state index in [0.29, 0.717) is 31.0 Å². The van der Waals surface area contributed by atoms with Crippen molar-refractivity contribution in [1.82, 2.24) is 0 Å². The minimum absolute atomic E-state index is 0.0274. The molecule has 0 aromatic heterocycles. The molecule has 4 rings (SSSR count). The van der Waals surface area contributed by atoms with E-state index in [0.717, 1.165) is 32.3 Å². The molecule has 0 radical (unpaired) electrons. The standard InChI is InChI=1S/C16H22O4/c1-2-3-4-5-18-11-6-10-14-15(10)20-12(11)7-16(14)8-13(17)19-9-16/h2,10-12,14-15H,1,3-9H2. The molecule has 0 aromatic rings. The van der Waals surface area contributed by atoms with Gasteiger partial charge in [-0.05, 0) is 31.6 Å². The summed E-state index contributed by atoms with van der Waals surface area (Å²) in [5.41, 5.74) is 0.0640. The normalized spacial score (nSPS) is 48.2. The van der Waals surface area contributed by atoms with E-state index in [1.54, 1.807) is 0 Å². The quantitative estimate of drug-likeness (QED) is 0.439. The number of unbranched alkanes of at least 4 members (excludes halogenated alkanes) is 1. The number of hydrogen-bond donors (Lipinski definition) is 0. The van der Waals surface area contributed by atoms with Gasteiger partial charge in [0, 0.05) is 17.9 Å². The molecule has 3 heterocycles. The second kappa shape index (κ2) is 4.57. The first-order valence-corrected chi connectivity index (χ1v) is 7.77. The zero-order chi connectivity index (χ0) is 13.7. The van der Waals surface area contributed by atoms with E-state index in [1.807, 2.05) is 6.08 Å². The van der Waals surface area contributed by atoms with Gasteiger partial charge in [-0.1, -0.05) is 6.08 Å². The molecule has 4 fully saturated rings. The van der Waals surface area contributed by atoms with E-state index < -0.39 is 0 Å². The summed E-state index contributed by atoms with van der Waals surface area (Å²) in [7, 11) is 0. The van der Waals surface area contributed by atoms with Crippen LogP contribution in [-0.4, -0.2) is 37.5 Å². The van der Waals surface area contributed by atoms with Crippen molar-refractivity contribution in [3.05, 3.63) is 12.7 Å². The maximum Gasteiger partial charge on any atom is 0.306 e. The molecule has 2 bridgehead atoms. The predicted molar refractivity (Wildman–Crippen MR) is 72.1 cm³/mol. The monoisotopic (exact) mass is 278 g/mol. The van der Waals surface area contributed by atoms with Crippen LogP contribution in [0.15, 0.2) is 12.7 Å². The molecule has 1 aliphatic carbocycles. The zero-order valence-electron chi connectivity index (χ0n) is 11.8. The van der Waals surface area contributed by atoms with Gasteiger partial charge in [0.2, 0.25) is 0 Å². The predicted octanol–water partition coefficient (Wildman–Crippen LogP) is 2.08. The Kier molecular flexibility index (Phi) is 2.93. The van der Waals surface area contributed by atoms with Crippen molar-refractivity contribution in [2.75, 3.05) is 13.2 Å². The van der Waals surface area contributed by atoms with Crippen LogP contribution in [0.25, 0.3) is 0 Å². The van der Waals surface area contributed by atoms with Crippen molar-refractivity contribution < 1.29 is 19.0 Å². The second-order valence-electron chi connectivity index (χ2n) is 6.81. The first-order chi connectivity index (χ1) is 9.73. The Bertz CT molecular complexity index is 434. The van der Waals surface area contributed by atoms with Crippen molar-refractivity contribution >= 4 is 5.97 Å². The summed E-state index contributed by atoms with van der Waals surface area (Å²) in [4.78, 5) is 11.5. The molecule has 4 heteroatoms. The molecule has 6 atom stereocenters. The Balaban J connectivity index is 1.42. The summed E-state index contributed by atoms with van der Waals surface area (Å²) in [6.07, 6.45) is 7.32. The molecule has 0 amide bonds. The van der Waals surface area contributed by atoms with Gasteiger partial charge in [-0.2, -0.15) is 0 Å². The van der Waals surface area contributed by atoms with Crippen LogP contribution in [0.4, 0.5) is 0 Å². The highest BCUT2D eigenvalue weighted by Crippen LogP contribution is 2.66. The zero-order valence-corrected chi connectivity index (χ0v) is 11.8. The first kappa shape index (κ1) is 12.8. The number of cyclic esters (lactones) is 1. The molecule has 110 valence electrons. The lowest BCUT2D eigenvalue weighted by atomic mass is 9.75. The van der Waals surface area contributed by atoms with Crippen LogP contribution in [0, 0.1) is 17.3 Å². The number of ether oxygens (including phenoxy) is 3. The third-order valence-electron chi connectivity index (χ3n) is 5.56. The third-order valence-corrected chi connectivity index (χ3v) is 5.56. The molecular weight excluding hydrogens is 256 g/mol. The summed E-state index contributed by atoms with van der Waals surface area (Å²) in [6, 6.07) is 0. The van der Waals surface area contributed by atoms with Crippen molar-refractivity contribution in [2.24, 2.45) is 17.3 Å². The summed E-state index contributed by atoms with van der Waals surface area (Å²) in [6.45, 7) is 5.11. The second-order valence-corrected chi connectivity index (χ2v) is 6.81. The number of carbonyl (C=O) groups is 1. The lowest BCUT2D eigenvalue weighted by Gasteiger charge is -2.38. The molecule has 1 spiro atoms. The summed E-state index contributed by atoms with van der Waals surface area (Å²) in [5, 5.41) is 0. The summed E-state index contributed by atoms with van der Waals surface area (Å²) < 4.78 is 17.5. The third kappa shape index (κ3) is 1.85. The van der Waals surface area contributed by atoms with Crippen LogP contribution < -0.4 is 0 Å². The SMILES string of the molecule is C=CCCCOC1CC2C3OC1CC1(COC(=O)C1)C23. The molecule has 4 nitrogen and oxygen atoms in total. The minimum Gasteiger partial charge on any atom is -0.465 e. The molecule has 4 aliphatic rings. The van der Waals surface area contributed by atoms with Gasteiger partial charge >= 0.3 is 5.97 Å². The molecule has 3 aliphatic heterocycles. The van der Waals surface area contributed by atoms with Crippen molar-refractivity contribution in [1.29, 1.82) is 0 Å². The van der Waals surface area contributed by atoms with E-state index in [4.69, 9.17) is 14.2 Å². The number of allylic oxidation sites excluding steroid dienone is 1. The first-order valence-electron chi connectivity index (χ1n) is 7.77. The topological polar surface area (TPSA) is 44.8 Å². The molecule has 3 saturated heterocycles. The van der Waals surface area contributed by atoms with Gasteiger partial charge in [-0.3, -0.25) is 4.79 Å². The number of carbonyl (C=O) groups excluding carboxylic acids is 1. The number of hydrogen-bond acceptors (Lipinski definition) is 4. The molecular formula is C16H22O4. The van der Waals surface area contributed by atoms with Crippen LogP contribution in [-0.2, 0) is 19.0 Å². The van der Waals surface area contributed by atoms with Gasteiger partial charge in [0.25, 0.3) is 0 Å². The number of esters is 1. The lowest BCUT2D eigenvalue weighted by molar-refractivity contribution is -0.143. The van der Waals surface area contributed by atoms with Gasteiger partial charge in [-0.15, -0.1) is 6.58 Å². The highest BCUT2D eigenvalue weighted by molar-refractivity contribution is 5.73. The van der Waals surface area contributed by atoms with E-state index in [-0.39, 0.29) is 23.6 Å². The van der Waals surface area contributed by atoms with E-state index >= 15 is 0 Å². The maximum absolute atomic E-state index is 11.5. The smallest absolute Gasteiger partial charge is 0.306 e. The molecule has 20 heavy (non-hydrogen) atoms. The Labute approximate surface area is 119 Å². The largest absolute Gasteiger partial charge is 0.465 e. The van der Waals surface area contributed by atoms with Gasteiger partial charge in [-0.25, -0.2) is 0 Å². The van der Waals surface area contributed by atoms with E-state index in [9.17, 15) is 4.79 Å². The lowest BCUT2D eigenvalue weighted by Crippen LogP contribution is -2.44. The van der Waals surface area contributed by atoms with Crippen LogP contribution in [0.1, 0.15) is 32.1 Å². The Morgan fingerprint density at radius 2 is 2.40 bits per heavy atom. The number of rotatable bonds is 5. The van der Waals surface area contributed by atoms with E-state index in [2.05, 4.69) is 6.58 Å². The fraction of sp³-hybridized carbons (Fsp3) is 0.812. The Morgan fingerprint density at radius 1 is 1.50 bits per heavy atom. The maximum atomic E-state index is 11.5.